The average Bonchev–Trinajstić information content (AvgIpc) is 3.12. The normalized spacial score (nSPS) is 22.4. The number of nitrogens with zero attached hydrogens (tertiary/aromatic N) is 1. The number of carbonyl (C=O) groups excluding carboxylic acids is 3. The second-order valence-corrected chi connectivity index (χ2v) is 12.9. The Morgan fingerprint density at radius 1 is 1.08 bits per heavy atom. The highest BCUT2D eigenvalue weighted by Crippen LogP contribution is 2.39. The standard InChI is InChI=1S/C31H48N2O6/c1-21(2)18-24(28(35)37-20-23-16-12-9-13-17-23)32-27(34)26-25(19-22-14-10-8-11-15-22)33(31(6,7)38-26)29(36)39-30(3,4)5/h9,12-13,16-17,21-22,24-26H,8,10-11,14-15,18-20H2,1-7H3,(H,32,34)/t24-,25?,26?/m0/s1. The Labute approximate surface area is 234 Å². The number of benzene rings is 1. The van der Waals surface area contributed by atoms with Crippen LogP contribution in [-0.2, 0) is 30.4 Å². The fourth-order valence-corrected chi connectivity index (χ4v) is 5.64. The van der Waals surface area contributed by atoms with Crippen molar-refractivity contribution in [3.05, 3.63) is 35.9 Å². The molecule has 1 heterocycles. The Kier molecular flexibility index (Phi) is 10.4. The molecular formula is C31H48N2O6. The summed E-state index contributed by atoms with van der Waals surface area (Å²) in [6.45, 7) is 13.2. The molecule has 0 aromatic heterocycles. The van der Waals surface area contributed by atoms with Gasteiger partial charge in [0.2, 0.25) is 0 Å². The van der Waals surface area contributed by atoms with E-state index < -0.39 is 47.5 Å². The third-order valence-corrected chi connectivity index (χ3v) is 7.36. The van der Waals surface area contributed by atoms with Gasteiger partial charge < -0.3 is 19.5 Å². The van der Waals surface area contributed by atoms with E-state index in [9.17, 15) is 14.4 Å². The van der Waals surface area contributed by atoms with E-state index in [0.717, 1.165) is 31.2 Å². The minimum Gasteiger partial charge on any atom is -0.459 e. The van der Waals surface area contributed by atoms with Crippen LogP contribution in [0.3, 0.4) is 0 Å². The van der Waals surface area contributed by atoms with E-state index >= 15 is 0 Å². The van der Waals surface area contributed by atoms with E-state index in [2.05, 4.69) is 5.32 Å². The summed E-state index contributed by atoms with van der Waals surface area (Å²) in [7, 11) is 0. The molecule has 2 aliphatic rings. The topological polar surface area (TPSA) is 94.2 Å². The molecule has 0 spiro atoms. The molecule has 39 heavy (non-hydrogen) atoms. The van der Waals surface area contributed by atoms with Gasteiger partial charge >= 0.3 is 12.1 Å². The molecule has 1 aliphatic heterocycles. The van der Waals surface area contributed by atoms with Crippen molar-refractivity contribution >= 4 is 18.0 Å². The van der Waals surface area contributed by atoms with Gasteiger partial charge in [-0.2, -0.15) is 0 Å². The number of ether oxygens (including phenoxy) is 3. The highest BCUT2D eigenvalue weighted by atomic mass is 16.6. The van der Waals surface area contributed by atoms with Gasteiger partial charge in [0.25, 0.3) is 5.91 Å². The van der Waals surface area contributed by atoms with Gasteiger partial charge in [0.1, 0.15) is 24.0 Å². The molecule has 2 fully saturated rings. The molecule has 1 aromatic carbocycles. The van der Waals surface area contributed by atoms with Gasteiger partial charge in [0, 0.05) is 0 Å². The van der Waals surface area contributed by atoms with Gasteiger partial charge in [-0.25, -0.2) is 9.59 Å². The van der Waals surface area contributed by atoms with Gasteiger partial charge in [-0.05, 0) is 64.9 Å². The smallest absolute Gasteiger partial charge is 0.412 e. The van der Waals surface area contributed by atoms with E-state index in [1.165, 1.54) is 6.42 Å². The number of nitrogens with one attached hydrogen (secondary N) is 1. The summed E-state index contributed by atoms with van der Waals surface area (Å²) in [6, 6.07) is 8.13. The van der Waals surface area contributed by atoms with E-state index in [4.69, 9.17) is 14.2 Å². The first-order chi connectivity index (χ1) is 18.3. The zero-order valence-corrected chi connectivity index (χ0v) is 24.8. The third kappa shape index (κ3) is 8.95. The summed E-state index contributed by atoms with van der Waals surface area (Å²) in [5, 5.41) is 2.92. The summed E-state index contributed by atoms with van der Waals surface area (Å²) in [5.41, 5.74) is -0.861. The lowest BCUT2D eigenvalue weighted by molar-refractivity contribution is -0.152. The molecule has 1 saturated carbocycles. The lowest BCUT2D eigenvalue weighted by atomic mass is 9.83. The minimum absolute atomic E-state index is 0.133. The van der Waals surface area contributed by atoms with Crippen LogP contribution in [0.25, 0.3) is 0 Å². The van der Waals surface area contributed by atoms with Crippen LogP contribution in [0.1, 0.15) is 99.0 Å². The largest absolute Gasteiger partial charge is 0.459 e. The molecule has 1 saturated heterocycles. The Bertz CT molecular complexity index is 965. The van der Waals surface area contributed by atoms with E-state index in [-0.39, 0.29) is 12.5 Å². The summed E-state index contributed by atoms with van der Waals surface area (Å²) < 4.78 is 17.6. The van der Waals surface area contributed by atoms with E-state index in [1.807, 2.05) is 65.0 Å². The summed E-state index contributed by atoms with van der Waals surface area (Å²) in [4.78, 5) is 41.9. The fraction of sp³-hybridized carbons (Fsp3) is 0.710. The summed E-state index contributed by atoms with van der Waals surface area (Å²) >= 11 is 0. The molecular weight excluding hydrogens is 496 g/mol. The zero-order chi connectivity index (χ0) is 28.8. The van der Waals surface area contributed by atoms with Gasteiger partial charge in [-0.1, -0.05) is 76.3 Å². The zero-order valence-electron chi connectivity index (χ0n) is 24.8. The van der Waals surface area contributed by atoms with Crippen molar-refractivity contribution < 1.29 is 28.6 Å². The molecule has 8 nitrogen and oxygen atoms in total. The number of carbonyl (C=O) groups is 3. The van der Waals surface area contributed by atoms with Crippen molar-refractivity contribution in [3.63, 3.8) is 0 Å². The highest BCUT2D eigenvalue weighted by molar-refractivity contribution is 5.88. The maximum atomic E-state index is 13.8. The van der Waals surface area contributed by atoms with E-state index in [0.29, 0.717) is 18.8 Å². The van der Waals surface area contributed by atoms with Crippen LogP contribution in [0, 0.1) is 11.8 Å². The second kappa shape index (κ2) is 13.2. The second-order valence-electron chi connectivity index (χ2n) is 12.9. The van der Waals surface area contributed by atoms with Crippen molar-refractivity contribution in [2.75, 3.05) is 0 Å². The molecule has 1 N–H and O–H groups in total. The first-order valence-electron chi connectivity index (χ1n) is 14.5. The molecule has 3 atom stereocenters. The Hall–Kier alpha value is -2.61. The van der Waals surface area contributed by atoms with Crippen LogP contribution in [0.15, 0.2) is 30.3 Å². The van der Waals surface area contributed by atoms with Crippen LogP contribution in [-0.4, -0.2) is 52.4 Å². The van der Waals surface area contributed by atoms with Crippen LogP contribution in [0.2, 0.25) is 0 Å². The van der Waals surface area contributed by atoms with Crippen LogP contribution < -0.4 is 5.32 Å². The molecule has 218 valence electrons. The Morgan fingerprint density at radius 2 is 1.72 bits per heavy atom. The molecule has 0 radical (unpaired) electrons. The summed E-state index contributed by atoms with van der Waals surface area (Å²) in [6.07, 6.45) is 5.29. The number of hydrogen-bond donors (Lipinski definition) is 1. The van der Waals surface area contributed by atoms with Gasteiger partial charge in [0.05, 0.1) is 6.04 Å². The number of amides is 2. The molecule has 0 bridgehead atoms. The molecule has 2 unspecified atom stereocenters. The predicted octanol–water partition coefficient (Wildman–Crippen LogP) is 5.97. The van der Waals surface area contributed by atoms with Gasteiger partial charge in [-0.3, -0.25) is 9.69 Å². The number of esters is 1. The van der Waals surface area contributed by atoms with Gasteiger partial charge in [0.15, 0.2) is 6.10 Å². The molecule has 1 aliphatic carbocycles. The maximum Gasteiger partial charge on any atom is 0.412 e. The van der Waals surface area contributed by atoms with E-state index in [1.54, 1.807) is 18.7 Å². The quantitative estimate of drug-likeness (QED) is 0.385. The van der Waals surface area contributed by atoms with Crippen molar-refractivity contribution in [1.82, 2.24) is 10.2 Å². The van der Waals surface area contributed by atoms with Crippen LogP contribution >= 0.6 is 0 Å². The first kappa shape index (κ1) is 30.9. The first-order valence-corrected chi connectivity index (χ1v) is 14.5. The number of rotatable bonds is 9. The fourth-order valence-electron chi connectivity index (χ4n) is 5.64. The monoisotopic (exact) mass is 544 g/mol. The lowest BCUT2D eigenvalue weighted by Gasteiger charge is -2.36. The van der Waals surface area contributed by atoms with Crippen molar-refractivity contribution in [1.29, 1.82) is 0 Å². The molecule has 8 heteroatoms. The molecule has 3 rings (SSSR count). The lowest BCUT2D eigenvalue weighted by Crippen LogP contribution is -2.53. The molecule has 1 aromatic rings. The van der Waals surface area contributed by atoms with Crippen LogP contribution in [0.5, 0.6) is 0 Å². The maximum absolute atomic E-state index is 13.8. The van der Waals surface area contributed by atoms with Crippen LogP contribution in [0.4, 0.5) is 4.79 Å². The highest BCUT2D eigenvalue weighted by Gasteiger charge is 2.54. The Morgan fingerprint density at radius 3 is 2.31 bits per heavy atom. The minimum atomic E-state index is -1.05. The predicted molar refractivity (Wildman–Crippen MR) is 150 cm³/mol. The van der Waals surface area contributed by atoms with Crippen molar-refractivity contribution in [2.45, 2.75) is 130 Å². The van der Waals surface area contributed by atoms with Crippen molar-refractivity contribution in [2.24, 2.45) is 11.8 Å². The van der Waals surface area contributed by atoms with Gasteiger partial charge in [-0.15, -0.1) is 0 Å². The number of hydrogen-bond acceptors (Lipinski definition) is 6. The Balaban J connectivity index is 1.80. The van der Waals surface area contributed by atoms with Crippen molar-refractivity contribution in [3.8, 4) is 0 Å². The average molecular weight is 545 g/mol. The third-order valence-electron chi connectivity index (χ3n) is 7.36. The summed E-state index contributed by atoms with van der Waals surface area (Å²) in [5.74, 6) is -0.344. The molecule has 2 amide bonds. The SMILES string of the molecule is CC(C)C[C@H](NC(=O)C1OC(C)(C)N(C(=O)OC(C)(C)C)C1CC1CCCCC1)C(=O)OCc1ccccc1.